The number of piperidine rings is 1. The number of likely N-dealkylation sites (tertiary alicyclic amines) is 1. The van der Waals surface area contributed by atoms with Gasteiger partial charge in [0.2, 0.25) is 5.91 Å². The number of rotatable bonds is 5. The number of amides is 2. The standard InChI is InChI=1S/C15H25F3N2O4/c1-14(2,3)24-13(22)20-7-4-11(5-8-20)12(21)19-6-9-23-10-15(16,17)18/h11H,4-10H2,1-3H3,(H,19,21). The Bertz CT molecular complexity index is 427. The lowest BCUT2D eigenvalue weighted by molar-refractivity contribution is -0.173. The lowest BCUT2D eigenvalue weighted by atomic mass is 9.96. The molecule has 0 bridgehead atoms. The molecule has 0 aromatic rings. The van der Waals surface area contributed by atoms with Crippen LogP contribution in [0.2, 0.25) is 0 Å². The molecule has 0 unspecified atom stereocenters. The van der Waals surface area contributed by atoms with Crippen LogP contribution in [0.4, 0.5) is 18.0 Å². The molecule has 140 valence electrons. The van der Waals surface area contributed by atoms with E-state index in [0.717, 1.165) is 0 Å². The summed E-state index contributed by atoms with van der Waals surface area (Å²) in [6, 6.07) is 0. The summed E-state index contributed by atoms with van der Waals surface area (Å²) in [5.41, 5.74) is -0.568. The van der Waals surface area contributed by atoms with Crippen LogP contribution in [0.1, 0.15) is 33.6 Å². The number of carbonyl (C=O) groups is 2. The highest BCUT2D eigenvalue weighted by Crippen LogP contribution is 2.20. The van der Waals surface area contributed by atoms with Gasteiger partial charge < -0.3 is 19.7 Å². The largest absolute Gasteiger partial charge is 0.444 e. The van der Waals surface area contributed by atoms with Gasteiger partial charge in [-0.1, -0.05) is 0 Å². The maximum atomic E-state index is 11.9. The zero-order chi connectivity index (χ0) is 18.4. The van der Waals surface area contributed by atoms with E-state index < -0.39 is 24.5 Å². The highest BCUT2D eigenvalue weighted by Gasteiger charge is 2.30. The fourth-order valence-corrected chi connectivity index (χ4v) is 2.23. The van der Waals surface area contributed by atoms with Crippen molar-refractivity contribution in [2.75, 3.05) is 32.8 Å². The number of ether oxygens (including phenoxy) is 2. The topological polar surface area (TPSA) is 67.9 Å². The van der Waals surface area contributed by atoms with Crippen LogP contribution < -0.4 is 5.32 Å². The van der Waals surface area contributed by atoms with Crippen molar-refractivity contribution in [3.63, 3.8) is 0 Å². The van der Waals surface area contributed by atoms with Crippen molar-refractivity contribution >= 4 is 12.0 Å². The Kier molecular flexibility index (Phi) is 7.31. The van der Waals surface area contributed by atoms with Crippen molar-refractivity contribution in [1.82, 2.24) is 10.2 Å². The Labute approximate surface area is 139 Å². The molecule has 1 aliphatic heterocycles. The highest BCUT2D eigenvalue weighted by molar-refractivity contribution is 5.79. The monoisotopic (exact) mass is 354 g/mol. The second kappa shape index (κ2) is 8.55. The minimum Gasteiger partial charge on any atom is -0.444 e. The predicted molar refractivity (Wildman–Crippen MR) is 80.4 cm³/mol. The summed E-state index contributed by atoms with van der Waals surface area (Å²) in [6.45, 7) is 4.69. The molecule has 0 aliphatic carbocycles. The van der Waals surface area contributed by atoms with Crippen LogP contribution in [0.5, 0.6) is 0 Å². The van der Waals surface area contributed by atoms with Crippen LogP contribution in [0.15, 0.2) is 0 Å². The number of alkyl halides is 3. The first kappa shape index (κ1) is 20.5. The zero-order valence-electron chi connectivity index (χ0n) is 14.2. The summed E-state index contributed by atoms with van der Waals surface area (Å²) in [4.78, 5) is 25.4. The summed E-state index contributed by atoms with van der Waals surface area (Å²) in [5.74, 6) is -0.485. The SMILES string of the molecule is CC(C)(C)OC(=O)N1CCC(C(=O)NCCOCC(F)(F)F)CC1. The molecule has 1 N–H and O–H groups in total. The average Bonchev–Trinajstić information content (AvgIpc) is 2.44. The van der Waals surface area contributed by atoms with Gasteiger partial charge in [-0.3, -0.25) is 4.79 Å². The highest BCUT2D eigenvalue weighted by atomic mass is 19.4. The van der Waals surface area contributed by atoms with Gasteiger partial charge in [-0.05, 0) is 33.6 Å². The van der Waals surface area contributed by atoms with Crippen molar-refractivity contribution in [1.29, 1.82) is 0 Å². The molecule has 0 radical (unpaired) electrons. The average molecular weight is 354 g/mol. The summed E-state index contributed by atoms with van der Waals surface area (Å²) in [6.07, 6.45) is -3.77. The fourth-order valence-electron chi connectivity index (χ4n) is 2.23. The maximum absolute atomic E-state index is 11.9. The van der Waals surface area contributed by atoms with E-state index in [4.69, 9.17) is 4.74 Å². The number of hydrogen-bond donors (Lipinski definition) is 1. The van der Waals surface area contributed by atoms with Gasteiger partial charge in [0.25, 0.3) is 0 Å². The number of halogens is 3. The fraction of sp³-hybridized carbons (Fsp3) is 0.867. The Morgan fingerprint density at radius 2 is 1.75 bits per heavy atom. The van der Waals surface area contributed by atoms with Crippen molar-refractivity contribution < 1.29 is 32.2 Å². The molecule has 1 fully saturated rings. The molecule has 6 nitrogen and oxygen atoms in total. The molecule has 0 aromatic carbocycles. The molecule has 9 heteroatoms. The summed E-state index contributed by atoms with van der Waals surface area (Å²) in [5, 5.41) is 2.55. The summed E-state index contributed by atoms with van der Waals surface area (Å²) >= 11 is 0. The Hall–Kier alpha value is -1.51. The second-order valence-corrected chi connectivity index (χ2v) is 6.70. The molecular weight excluding hydrogens is 329 g/mol. The Morgan fingerprint density at radius 1 is 1.17 bits per heavy atom. The number of carbonyl (C=O) groups excluding carboxylic acids is 2. The minimum absolute atomic E-state index is 0.0290. The predicted octanol–water partition coefficient (Wildman–Crippen LogP) is 2.33. The van der Waals surface area contributed by atoms with E-state index in [1.165, 1.54) is 0 Å². The molecule has 0 aromatic heterocycles. The third-order valence-corrected chi connectivity index (χ3v) is 3.33. The van der Waals surface area contributed by atoms with Gasteiger partial charge in [0.1, 0.15) is 12.2 Å². The molecule has 0 spiro atoms. The maximum Gasteiger partial charge on any atom is 0.411 e. The van der Waals surface area contributed by atoms with Crippen LogP contribution in [-0.2, 0) is 14.3 Å². The first-order valence-electron chi connectivity index (χ1n) is 7.88. The molecule has 1 aliphatic rings. The third-order valence-electron chi connectivity index (χ3n) is 3.33. The molecule has 1 rings (SSSR count). The van der Waals surface area contributed by atoms with Gasteiger partial charge in [-0.25, -0.2) is 4.79 Å². The normalized spacial score (nSPS) is 16.8. The van der Waals surface area contributed by atoms with E-state index in [9.17, 15) is 22.8 Å². The minimum atomic E-state index is -4.36. The van der Waals surface area contributed by atoms with Gasteiger partial charge >= 0.3 is 12.3 Å². The first-order valence-corrected chi connectivity index (χ1v) is 7.88. The number of hydrogen-bond acceptors (Lipinski definition) is 4. The smallest absolute Gasteiger partial charge is 0.411 e. The van der Waals surface area contributed by atoms with Gasteiger partial charge in [-0.2, -0.15) is 13.2 Å². The van der Waals surface area contributed by atoms with Crippen molar-refractivity contribution in [2.24, 2.45) is 5.92 Å². The number of nitrogens with zero attached hydrogens (tertiary/aromatic N) is 1. The van der Waals surface area contributed by atoms with Crippen molar-refractivity contribution in [3.05, 3.63) is 0 Å². The van der Waals surface area contributed by atoms with Crippen LogP contribution in [-0.4, -0.2) is 61.5 Å². The molecule has 0 atom stereocenters. The van der Waals surface area contributed by atoms with Crippen LogP contribution in [0, 0.1) is 5.92 Å². The van der Waals surface area contributed by atoms with E-state index in [-0.39, 0.29) is 25.0 Å². The van der Waals surface area contributed by atoms with Crippen molar-refractivity contribution in [3.8, 4) is 0 Å². The van der Waals surface area contributed by atoms with Crippen LogP contribution >= 0.6 is 0 Å². The lowest BCUT2D eigenvalue weighted by Crippen LogP contribution is -2.45. The molecule has 0 saturated carbocycles. The van der Waals surface area contributed by atoms with Crippen LogP contribution in [0.3, 0.4) is 0 Å². The second-order valence-electron chi connectivity index (χ2n) is 6.70. The molecule has 1 saturated heterocycles. The lowest BCUT2D eigenvalue weighted by Gasteiger charge is -2.32. The molecule has 2 amide bonds. The molecule has 24 heavy (non-hydrogen) atoms. The first-order chi connectivity index (χ1) is 11.0. The van der Waals surface area contributed by atoms with Gasteiger partial charge in [0, 0.05) is 25.6 Å². The number of nitrogens with one attached hydrogen (secondary N) is 1. The summed E-state index contributed by atoms with van der Waals surface area (Å²) < 4.78 is 45.3. The van der Waals surface area contributed by atoms with Gasteiger partial charge in [-0.15, -0.1) is 0 Å². The Balaban J connectivity index is 2.22. The molecular formula is C15H25F3N2O4. The van der Waals surface area contributed by atoms with E-state index >= 15 is 0 Å². The third kappa shape index (κ3) is 8.37. The van der Waals surface area contributed by atoms with E-state index in [1.54, 1.807) is 25.7 Å². The summed E-state index contributed by atoms with van der Waals surface area (Å²) in [7, 11) is 0. The van der Waals surface area contributed by atoms with Crippen LogP contribution in [0.25, 0.3) is 0 Å². The van der Waals surface area contributed by atoms with E-state index in [2.05, 4.69) is 10.1 Å². The van der Waals surface area contributed by atoms with Gasteiger partial charge in [0.15, 0.2) is 0 Å². The van der Waals surface area contributed by atoms with E-state index in [0.29, 0.717) is 25.9 Å². The molecule has 1 heterocycles. The van der Waals surface area contributed by atoms with Gasteiger partial charge in [0.05, 0.1) is 6.61 Å². The van der Waals surface area contributed by atoms with E-state index in [1.807, 2.05) is 0 Å². The van der Waals surface area contributed by atoms with Crippen molar-refractivity contribution in [2.45, 2.75) is 45.4 Å². The Morgan fingerprint density at radius 3 is 2.25 bits per heavy atom. The quantitative estimate of drug-likeness (QED) is 0.770. The zero-order valence-corrected chi connectivity index (χ0v) is 14.2.